The number of allylic oxidation sites excluding steroid dienone is 6. The number of amides is 1. The van der Waals surface area contributed by atoms with E-state index in [4.69, 9.17) is 0 Å². The van der Waals surface area contributed by atoms with E-state index < -0.39 is 0 Å². The molecule has 40 heavy (non-hydrogen) atoms. The van der Waals surface area contributed by atoms with E-state index in [2.05, 4.69) is 94.8 Å². The van der Waals surface area contributed by atoms with Crippen molar-refractivity contribution in [1.29, 1.82) is 0 Å². The molecule has 0 aliphatic carbocycles. The van der Waals surface area contributed by atoms with Crippen LogP contribution in [0.3, 0.4) is 0 Å². The summed E-state index contributed by atoms with van der Waals surface area (Å²) in [6, 6.07) is 8.52. The molecule has 1 saturated heterocycles. The lowest BCUT2D eigenvalue weighted by atomic mass is 9.98. The van der Waals surface area contributed by atoms with Gasteiger partial charge in [0.2, 0.25) is 0 Å². The molecule has 0 bridgehead atoms. The van der Waals surface area contributed by atoms with E-state index in [0.717, 1.165) is 55.6 Å². The Hall–Kier alpha value is -3.00. The molecule has 1 aromatic rings. The molecule has 0 spiro atoms. The van der Waals surface area contributed by atoms with Crippen LogP contribution in [0.1, 0.15) is 71.4 Å². The van der Waals surface area contributed by atoms with Gasteiger partial charge in [-0.15, -0.1) is 19.4 Å². The number of likely N-dealkylation sites (tertiary alicyclic amines) is 1. The molecule has 1 aliphatic rings. The van der Waals surface area contributed by atoms with Gasteiger partial charge in [-0.2, -0.15) is 12.6 Å². The molecule has 1 aliphatic heterocycles. The normalized spacial score (nSPS) is 14.5. The van der Waals surface area contributed by atoms with E-state index >= 15 is 0 Å². The number of terminal acetylenes is 1. The molecule has 0 atom stereocenters. The van der Waals surface area contributed by atoms with Gasteiger partial charge in [0.15, 0.2) is 0 Å². The van der Waals surface area contributed by atoms with Gasteiger partial charge in [0, 0.05) is 31.2 Å². The quantitative estimate of drug-likeness (QED) is 0.0907. The molecule has 0 unspecified atom stereocenters. The Labute approximate surface area is 251 Å². The molecule has 1 aromatic carbocycles. The number of carbonyl (C=O) groups is 1. The van der Waals surface area contributed by atoms with Gasteiger partial charge in [-0.05, 0) is 92.3 Å². The average Bonchev–Trinajstić information content (AvgIpc) is 2.97. The lowest BCUT2D eigenvalue weighted by Gasteiger charge is -2.39. The fraction of sp³-hybridized carbons (Fsp3) is 0.417. The van der Waals surface area contributed by atoms with Gasteiger partial charge in [0.25, 0.3) is 5.91 Å². The third-order valence-corrected chi connectivity index (χ3v) is 6.93. The highest BCUT2D eigenvalue weighted by Gasteiger charge is 2.29. The summed E-state index contributed by atoms with van der Waals surface area (Å²) >= 11 is 4.18. The van der Waals surface area contributed by atoms with Crippen LogP contribution in [-0.2, 0) is 11.3 Å². The number of carbonyl (C=O) groups excluding carboxylic acids is 1. The molecule has 1 heterocycles. The average molecular weight is 561 g/mol. The second-order valence-electron chi connectivity index (χ2n) is 10.3. The number of rotatable bonds is 12. The molecule has 0 aromatic heterocycles. The van der Waals surface area contributed by atoms with E-state index in [1.807, 2.05) is 37.3 Å². The smallest absolute Gasteiger partial charge is 0.254 e. The van der Waals surface area contributed by atoms with E-state index in [1.54, 1.807) is 17.6 Å². The van der Waals surface area contributed by atoms with Crippen molar-refractivity contribution in [2.45, 2.75) is 72.9 Å². The Bertz CT molecular complexity index is 1040. The number of thiol groups is 1. The van der Waals surface area contributed by atoms with Gasteiger partial charge < -0.3 is 9.80 Å². The van der Waals surface area contributed by atoms with Crippen LogP contribution in [0.5, 0.6) is 0 Å². The lowest BCUT2D eigenvalue weighted by Crippen LogP contribution is -2.47. The first-order valence-corrected chi connectivity index (χ1v) is 14.7. The van der Waals surface area contributed by atoms with E-state index in [-0.39, 0.29) is 11.9 Å². The van der Waals surface area contributed by atoms with Crippen LogP contribution >= 0.6 is 12.6 Å². The number of piperidine rings is 1. The van der Waals surface area contributed by atoms with Gasteiger partial charge in [-0.25, -0.2) is 0 Å². The maximum atomic E-state index is 13.8. The Morgan fingerprint density at radius 2 is 1.82 bits per heavy atom. The van der Waals surface area contributed by atoms with Crippen LogP contribution in [0.2, 0.25) is 0 Å². The minimum absolute atomic E-state index is 0.0558. The van der Waals surface area contributed by atoms with Gasteiger partial charge in [0.05, 0.1) is 0 Å². The van der Waals surface area contributed by atoms with Crippen molar-refractivity contribution in [3.63, 3.8) is 0 Å². The van der Waals surface area contributed by atoms with Crippen LogP contribution in [-0.4, -0.2) is 41.4 Å². The summed E-state index contributed by atoms with van der Waals surface area (Å²) in [5.41, 5.74) is 4.95. The zero-order chi connectivity index (χ0) is 30.5. The molecule has 0 N–H and O–H groups in total. The van der Waals surface area contributed by atoms with Crippen LogP contribution in [0.4, 0.5) is 0 Å². The van der Waals surface area contributed by atoms with Crippen molar-refractivity contribution in [1.82, 2.24) is 9.80 Å². The Morgan fingerprint density at radius 1 is 1.20 bits per heavy atom. The van der Waals surface area contributed by atoms with Crippen molar-refractivity contribution in [3.05, 3.63) is 102 Å². The second kappa shape index (κ2) is 21.8. The van der Waals surface area contributed by atoms with E-state index in [0.29, 0.717) is 18.0 Å². The summed E-state index contributed by atoms with van der Waals surface area (Å²) in [6.45, 7) is 25.9. The highest BCUT2D eigenvalue weighted by atomic mass is 32.1. The molecule has 0 radical (unpaired) electrons. The summed E-state index contributed by atoms with van der Waals surface area (Å²) in [5, 5.41) is 1.70. The van der Waals surface area contributed by atoms with E-state index in [9.17, 15) is 4.79 Å². The minimum Gasteiger partial charge on any atom is -0.331 e. The first-order valence-electron chi connectivity index (χ1n) is 14.2. The van der Waals surface area contributed by atoms with Crippen molar-refractivity contribution < 1.29 is 4.79 Å². The van der Waals surface area contributed by atoms with E-state index in [1.165, 1.54) is 12.0 Å². The molecular weight excluding hydrogens is 508 g/mol. The minimum atomic E-state index is 0.0558. The first kappa shape index (κ1) is 37.0. The van der Waals surface area contributed by atoms with Crippen molar-refractivity contribution in [2.75, 3.05) is 19.6 Å². The monoisotopic (exact) mass is 560 g/mol. The summed E-state index contributed by atoms with van der Waals surface area (Å²) in [5.74, 6) is 0.769. The summed E-state index contributed by atoms with van der Waals surface area (Å²) in [4.78, 5) is 18.4. The molecule has 4 heteroatoms. The van der Waals surface area contributed by atoms with Gasteiger partial charge in [0.1, 0.15) is 0 Å². The SMILES string of the molecule is C#C.C=C/C(=C\C=C(\C)CC)C(=O)N(Cc1cccc(C(=C)/C=C\S)c1)C1CCN(CCC(C)C)CC1.C=CC. The molecule has 218 valence electrons. The summed E-state index contributed by atoms with van der Waals surface area (Å²) in [6.07, 6.45) is 21.5. The van der Waals surface area contributed by atoms with Gasteiger partial charge in [-0.3, -0.25) is 4.79 Å². The first-order chi connectivity index (χ1) is 19.2. The number of nitrogens with zero attached hydrogens (tertiary/aromatic N) is 2. The maximum Gasteiger partial charge on any atom is 0.254 e. The van der Waals surface area contributed by atoms with Crippen molar-refractivity contribution in [3.8, 4) is 12.8 Å². The molecule has 3 nitrogen and oxygen atoms in total. The molecule has 1 fully saturated rings. The van der Waals surface area contributed by atoms with Crippen LogP contribution < -0.4 is 0 Å². The fourth-order valence-electron chi connectivity index (χ4n) is 4.26. The molecule has 0 saturated carbocycles. The standard InChI is InChI=1S/C31H44N2OS.C3H6.C2H2/c1-7-25(5)12-13-28(8-2)31(34)33(30-15-19-32(20-16-30)18-14-24(3)4)23-27-10-9-11-29(22-27)26(6)17-21-35;1-3-2;1-2/h8-13,17,21-22,24,30,35H,2,6-7,14-16,18-20,23H2,1,3-5H3;3H,1H2,2H3;1-2H/b21-17-,25-12-,28-13+;;. The predicted molar refractivity (Wildman–Crippen MR) is 181 cm³/mol. The Balaban J connectivity index is 0.00000284. The molecule has 2 rings (SSSR count). The zero-order valence-electron chi connectivity index (χ0n) is 25.6. The molecular formula is C36H52N2OS. The van der Waals surface area contributed by atoms with Crippen LogP contribution in [0.25, 0.3) is 5.57 Å². The summed E-state index contributed by atoms with van der Waals surface area (Å²) < 4.78 is 0. The number of hydrogen-bond donors (Lipinski definition) is 1. The second-order valence-corrected chi connectivity index (χ2v) is 10.6. The molecule has 1 amide bonds. The Kier molecular flexibility index (Phi) is 20.1. The summed E-state index contributed by atoms with van der Waals surface area (Å²) in [7, 11) is 0. The van der Waals surface area contributed by atoms with Gasteiger partial charge in [-0.1, -0.05) is 75.9 Å². The third-order valence-electron chi connectivity index (χ3n) is 6.78. The largest absolute Gasteiger partial charge is 0.331 e. The maximum absolute atomic E-state index is 13.8. The highest BCUT2D eigenvalue weighted by Crippen LogP contribution is 2.24. The van der Waals surface area contributed by atoms with Crippen LogP contribution in [0, 0.1) is 18.8 Å². The topological polar surface area (TPSA) is 23.6 Å². The van der Waals surface area contributed by atoms with Crippen molar-refractivity contribution in [2.24, 2.45) is 5.92 Å². The highest BCUT2D eigenvalue weighted by molar-refractivity contribution is 7.83. The fourth-order valence-corrected chi connectivity index (χ4v) is 4.44. The Morgan fingerprint density at radius 3 is 2.35 bits per heavy atom. The predicted octanol–water partition coefficient (Wildman–Crippen LogP) is 8.89. The van der Waals surface area contributed by atoms with Gasteiger partial charge >= 0.3 is 0 Å². The van der Waals surface area contributed by atoms with Crippen molar-refractivity contribution >= 4 is 24.1 Å². The van der Waals surface area contributed by atoms with Crippen LogP contribution in [0.15, 0.2) is 90.9 Å². The number of benzene rings is 1. The lowest BCUT2D eigenvalue weighted by molar-refractivity contribution is -0.130. The number of hydrogen-bond acceptors (Lipinski definition) is 3. The zero-order valence-corrected chi connectivity index (χ0v) is 26.5. The third kappa shape index (κ3) is 13.9.